The molecule has 180 valence electrons. The van der Waals surface area contributed by atoms with Crippen LogP contribution in [0.1, 0.15) is 22.5 Å². The smallest absolute Gasteiger partial charge is 0.262 e. The topological polar surface area (TPSA) is 111 Å². The molecule has 0 bridgehead atoms. The summed E-state index contributed by atoms with van der Waals surface area (Å²) in [5, 5.41) is 2.87. The fraction of sp³-hybridized carbons (Fsp3) is 0.200. The van der Waals surface area contributed by atoms with Crippen LogP contribution in [0, 0.1) is 0 Å². The highest BCUT2D eigenvalue weighted by molar-refractivity contribution is 7.92. The Bertz CT molecular complexity index is 1430. The minimum Gasteiger partial charge on any atom is -0.490 e. The molecule has 1 amide bonds. The van der Waals surface area contributed by atoms with Crippen LogP contribution in [-0.4, -0.2) is 43.5 Å². The molecule has 0 fully saturated rings. The maximum absolute atomic E-state index is 12.8. The van der Waals surface area contributed by atoms with Gasteiger partial charge in [-0.15, -0.1) is 0 Å². The van der Waals surface area contributed by atoms with Gasteiger partial charge in [0.2, 0.25) is 0 Å². The van der Waals surface area contributed by atoms with Crippen LogP contribution in [0.15, 0.2) is 78.0 Å². The maximum atomic E-state index is 12.8. The molecule has 0 aliphatic carbocycles. The first kappa shape index (κ1) is 22.7. The number of nitrogens with zero attached hydrogens (tertiary/aromatic N) is 2. The van der Waals surface area contributed by atoms with Crippen LogP contribution in [0.3, 0.4) is 0 Å². The average Bonchev–Trinajstić information content (AvgIpc) is 3.12. The molecule has 5 rings (SSSR count). The number of sulfonamides is 1. The number of amides is 1. The van der Waals surface area contributed by atoms with Crippen molar-refractivity contribution in [3.05, 3.63) is 84.3 Å². The number of carbonyl (C=O) groups is 1. The second-order valence-corrected chi connectivity index (χ2v) is 9.73. The van der Waals surface area contributed by atoms with Crippen molar-refractivity contribution in [1.82, 2.24) is 14.7 Å². The summed E-state index contributed by atoms with van der Waals surface area (Å²) in [6.45, 7) is 1.42. The van der Waals surface area contributed by atoms with E-state index in [0.717, 1.165) is 17.8 Å². The van der Waals surface area contributed by atoms with Gasteiger partial charge >= 0.3 is 0 Å². The van der Waals surface area contributed by atoms with Gasteiger partial charge in [0.05, 0.1) is 23.8 Å². The zero-order valence-corrected chi connectivity index (χ0v) is 19.6. The van der Waals surface area contributed by atoms with Crippen LogP contribution in [0.25, 0.3) is 5.65 Å². The molecule has 4 aromatic rings. The Morgan fingerprint density at radius 2 is 1.80 bits per heavy atom. The van der Waals surface area contributed by atoms with Crippen molar-refractivity contribution in [2.24, 2.45) is 0 Å². The highest BCUT2D eigenvalue weighted by Gasteiger charge is 2.19. The van der Waals surface area contributed by atoms with Crippen molar-refractivity contribution >= 4 is 27.3 Å². The monoisotopic (exact) mass is 492 g/mol. The van der Waals surface area contributed by atoms with Gasteiger partial charge in [0.25, 0.3) is 15.9 Å². The van der Waals surface area contributed by atoms with Crippen molar-refractivity contribution in [2.45, 2.75) is 17.7 Å². The number of carbonyl (C=O) groups excluding carboxylic acids is 1. The van der Waals surface area contributed by atoms with Crippen molar-refractivity contribution < 1.29 is 22.7 Å². The lowest BCUT2D eigenvalue weighted by Gasteiger charge is -2.12. The highest BCUT2D eigenvalue weighted by atomic mass is 32.2. The number of ether oxygens (including phenoxy) is 2. The van der Waals surface area contributed by atoms with E-state index < -0.39 is 10.0 Å². The third-order valence-electron chi connectivity index (χ3n) is 5.51. The number of imidazole rings is 1. The normalized spacial score (nSPS) is 13.3. The van der Waals surface area contributed by atoms with Crippen LogP contribution in [0.5, 0.6) is 11.5 Å². The van der Waals surface area contributed by atoms with E-state index in [1.54, 1.807) is 30.3 Å². The number of hydrogen-bond acceptors (Lipinski definition) is 6. The van der Waals surface area contributed by atoms with E-state index in [1.165, 1.54) is 12.1 Å². The quantitative estimate of drug-likeness (QED) is 0.410. The molecule has 2 N–H and O–H groups in total. The predicted molar refractivity (Wildman–Crippen MR) is 131 cm³/mol. The minimum absolute atomic E-state index is 0.0653. The molecule has 2 aromatic heterocycles. The zero-order chi connectivity index (χ0) is 24.3. The summed E-state index contributed by atoms with van der Waals surface area (Å²) in [4.78, 5) is 17.1. The number of pyridine rings is 1. The molecular weight excluding hydrogens is 468 g/mol. The number of rotatable bonds is 7. The van der Waals surface area contributed by atoms with E-state index in [9.17, 15) is 13.2 Å². The zero-order valence-electron chi connectivity index (χ0n) is 18.8. The molecular formula is C25H24N4O5S. The fourth-order valence-corrected chi connectivity index (χ4v) is 4.80. The first-order chi connectivity index (χ1) is 17.0. The molecule has 0 unspecified atom stereocenters. The molecule has 0 spiro atoms. The van der Waals surface area contributed by atoms with Crippen LogP contribution < -0.4 is 19.5 Å². The number of benzene rings is 2. The number of anilines is 1. The standard InChI is InChI=1S/C25H24N4O5S/c30-25(26-12-11-20-17-29-13-2-1-4-24(29)27-20)18-5-7-19(8-6-18)28-35(31,32)21-9-10-22-23(16-21)34-15-3-14-33-22/h1-2,4-10,13,16-17,28H,3,11-12,14-15H2,(H,26,30). The second-order valence-electron chi connectivity index (χ2n) is 8.05. The number of aromatic nitrogens is 2. The van der Waals surface area contributed by atoms with Gasteiger partial charge in [-0.3, -0.25) is 9.52 Å². The first-order valence-electron chi connectivity index (χ1n) is 11.2. The average molecular weight is 493 g/mol. The van der Waals surface area contributed by atoms with Gasteiger partial charge in [-0.25, -0.2) is 13.4 Å². The lowest BCUT2D eigenvalue weighted by Crippen LogP contribution is -2.25. The Labute approximate surface area is 202 Å². The van der Waals surface area contributed by atoms with Gasteiger partial charge < -0.3 is 19.2 Å². The fourth-order valence-electron chi connectivity index (χ4n) is 3.73. The highest BCUT2D eigenvalue weighted by Crippen LogP contribution is 2.32. The second kappa shape index (κ2) is 9.67. The Kier molecular flexibility index (Phi) is 6.28. The Hall–Kier alpha value is -4.05. The van der Waals surface area contributed by atoms with Gasteiger partial charge in [0, 0.05) is 49.1 Å². The molecule has 3 heterocycles. The summed E-state index contributed by atoms with van der Waals surface area (Å²) >= 11 is 0. The number of fused-ring (bicyclic) bond motifs is 2. The van der Waals surface area contributed by atoms with E-state index in [0.29, 0.717) is 48.9 Å². The molecule has 0 saturated carbocycles. The van der Waals surface area contributed by atoms with Gasteiger partial charge in [-0.1, -0.05) is 6.07 Å². The SMILES string of the molecule is O=C(NCCc1cn2ccccc2n1)c1ccc(NS(=O)(=O)c2ccc3c(c2)OCCCO3)cc1. The van der Waals surface area contributed by atoms with Gasteiger partial charge in [-0.05, 0) is 48.5 Å². The predicted octanol–water partition coefficient (Wildman–Crippen LogP) is 3.27. The Balaban J connectivity index is 1.19. The van der Waals surface area contributed by atoms with E-state index in [2.05, 4.69) is 15.0 Å². The molecule has 9 nitrogen and oxygen atoms in total. The Morgan fingerprint density at radius 1 is 1.00 bits per heavy atom. The van der Waals surface area contributed by atoms with Gasteiger partial charge in [-0.2, -0.15) is 0 Å². The summed E-state index contributed by atoms with van der Waals surface area (Å²) in [6.07, 6.45) is 5.19. The summed E-state index contributed by atoms with van der Waals surface area (Å²) in [6, 6.07) is 16.6. The molecule has 0 atom stereocenters. The molecule has 10 heteroatoms. The third kappa shape index (κ3) is 5.22. The third-order valence-corrected chi connectivity index (χ3v) is 6.89. The summed E-state index contributed by atoms with van der Waals surface area (Å²) < 4.78 is 41.3. The van der Waals surface area contributed by atoms with Crippen molar-refractivity contribution in [3.63, 3.8) is 0 Å². The van der Waals surface area contributed by atoms with E-state index in [4.69, 9.17) is 9.47 Å². The molecule has 0 saturated heterocycles. The summed E-state index contributed by atoms with van der Waals surface area (Å²) in [5.41, 5.74) is 2.52. The van der Waals surface area contributed by atoms with Crippen LogP contribution in [0.2, 0.25) is 0 Å². The molecule has 35 heavy (non-hydrogen) atoms. The van der Waals surface area contributed by atoms with Gasteiger partial charge in [0.15, 0.2) is 11.5 Å². The molecule has 0 radical (unpaired) electrons. The first-order valence-corrected chi connectivity index (χ1v) is 12.7. The van der Waals surface area contributed by atoms with Crippen LogP contribution in [-0.2, 0) is 16.4 Å². The van der Waals surface area contributed by atoms with Gasteiger partial charge in [0.1, 0.15) is 5.65 Å². The maximum Gasteiger partial charge on any atom is 0.262 e. The lowest BCUT2D eigenvalue weighted by molar-refractivity contribution is 0.0954. The summed E-state index contributed by atoms with van der Waals surface area (Å²) in [5.74, 6) is 0.685. The van der Waals surface area contributed by atoms with E-state index in [-0.39, 0.29) is 10.8 Å². The van der Waals surface area contributed by atoms with E-state index in [1.807, 2.05) is 35.0 Å². The molecule has 1 aliphatic rings. The van der Waals surface area contributed by atoms with Crippen molar-refractivity contribution in [2.75, 3.05) is 24.5 Å². The number of hydrogen-bond donors (Lipinski definition) is 2. The van der Waals surface area contributed by atoms with Crippen molar-refractivity contribution in [1.29, 1.82) is 0 Å². The number of nitrogens with one attached hydrogen (secondary N) is 2. The van der Waals surface area contributed by atoms with Crippen LogP contribution >= 0.6 is 0 Å². The van der Waals surface area contributed by atoms with Crippen LogP contribution in [0.4, 0.5) is 5.69 Å². The van der Waals surface area contributed by atoms with Crippen molar-refractivity contribution in [3.8, 4) is 11.5 Å². The Morgan fingerprint density at radius 3 is 2.60 bits per heavy atom. The minimum atomic E-state index is -3.84. The molecule has 2 aromatic carbocycles. The largest absolute Gasteiger partial charge is 0.490 e. The van der Waals surface area contributed by atoms with E-state index >= 15 is 0 Å². The summed E-state index contributed by atoms with van der Waals surface area (Å²) in [7, 11) is -3.84. The lowest BCUT2D eigenvalue weighted by atomic mass is 10.2. The molecule has 1 aliphatic heterocycles.